The molecular weight excluding hydrogens is 226 g/mol. The van der Waals surface area contributed by atoms with Crippen LogP contribution in [0, 0.1) is 17.2 Å². The summed E-state index contributed by atoms with van der Waals surface area (Å²) in [7, 11) is 1.75. The fraction of sp³-hybridized carbons (Fsp3) is 0.429. The van der Waals surface area contributed by atoms with E-state index in [1.54, 1.807) is 36.2 Å². The van der Waals surface area contributed by atoms with Crippen LogP contribution in [0.5, 0.6) is 0 Å². The molecule has 0 spiro atoms. The summed E-state index contributed by atoms with van der Waals surface area (Å²) in [6.07, 6.45) is 2.57. The van der Waals surface area contributed by atoms with Crippen molar-refractivity contribution in [1.29, 1.82) is 5.26 Å². The van der Waals surface area contributed by atoms with Crippen molar-refractivity contribution in [2.75, 3.05) is 25.0 Å². The SMILES string of the molecule is CN(C(=O)CNCC1CC1)c1ccc(C#N)cc1. The summed E-state index contributed by atoms with van der Waals surface area (Å²) in [5, 5.41) is 11.9. The third kappa shape index (κ3) is 3.31. The van der Waals surface area contributed by atoms with Crippen LogP contribution in [0.3, 0.4) is 0 Å². The summed E-state index contributed by atoms with van der Waals surface area (Å²) < 4.78 is 0. The summed E-state index contributed by atoms with van der Waals surface area (Å²) >= 11 is 0. The topological polar surface area (TPSA) is 56.1 Å². The molecule has 4 heteroatoms. The first-order valence-corrected chi connectivity index (χ1v) is 6.18. The van der Waals surface area contributed by atoms with Crippen LogP contribution in [0.4, 0.5) is 5.69 Å². The highest BCUT2D eigenvalue weighted by atomic mass is 16.2. The molecule has 0 aliphatic heterocycles. The molecule has 94 valence electrons. The molecule has 0 bridgehead atoms. The molecule has 1 amide bonds. The molecule has 1 aromatic carbocycles. The summed E-state index contributed by atoms with van der Waals surface area (Å²) in [5.41, 5.74) is 1.42. The molecule has 1 aliphatic rings. The van der Waals surface area contributed by atoms with Gasteiger partial charge in [0.1, 0.15) is 0 Å². The fourth-order valence-electron chi connectivity index (χ4n) is 1.73. The Morgan fingerprint density at radius 3 is 2.67 bits per heavy atom. The van der Waals surface area contributed by atoms with Gasteiger partial charge in [0, 0.05) is 12.7 Å². The number of amides is 1. The van der Waals surface area contributed by atoms with Crippen molar-refractivity contribution in [2.45, 2.75) is 12.8 Å². The van der Waals surface area contributed by atoms with Gasteiger partial charge in [-0.05, 0) is 49.6 Å². The van der Waals surface area contributed by atoms with E-state index in [4.69, 9.17) is 5.26 Å². The molecule has 2 rings (SSSR count). The molecule has 18 heavy (non-hydrogen) atoms. The highest BCUT2D eigenvalue weighted by Gasteiger charge is 2.21. The Hall–Kier alpha value is -1.86. The number of hydrogen-bond acceptors (Lipinski definition) is 3. The van der Waals surface area contributed by atoms with Crippen LogP contribution < -0.4 is 10.2 Å². The van der Waals surface area contributed by atoms with Crippen LogP contribution in [0.15, 0.2) is 24.3 Å². The highest BCUT2D eigenvalue weighted by Crippen LogP contribution is 2.27. The Morgan fingerprint density at radius 1 is 1.44 bits per heavy atom. The summed E-state index contributed by atoms with van der Waals surface area (Å²) in [5.74, 6) is 0.818. The van der Waals surface area contributed by atoms with Crippen molar-refractivity contribution in [1.82, 2.24) is 5.32 Å². The van der Waals surface area contributed by atoms with Crippen LogP contribution in [-0.2, 0) is 4.79 Å². The predicted molar refractivity (Wildman–Crippen MR) is 70.2 cm³/mol. The van der Waals surface area contributed by atoms with Gasteiger partial charge in [-0.15, -0.1) is 0 Å². The molecule has 0 radical (unpaired) electrons. The molecule has 1 aromatic rings. The van der Waals surface area contributed by atoms with E-state index in [1.807, 2.05) is 0 Å². The van der Waals surface area contributed by atoms with Crippen LogP contribution in [-0.4, -0.2) is 26.0 Å². The van der Waals surface area contributed by atoms with E-state index in [9.17, 15) is 4.79 Å². The number of nitriles is 1. The molecule has 0 saturated heterocycles. The monoisotopic (exact) mass is 243 g/mol. The van der Waals surface area contributed by atoms with Crippen LogP contribution in [0.25, 0.3) is 0 Å². The van der Waals surface area contributed by atoms with Crippen LogP contribution in [0.2, 0.25) is 0 Å². The average molecular weight is 243 g/mol. The quantitative estimate of drug-likeness (QED) is 0.853. The summed E-state index contributed by atoms with van der Waals surface area (Å²) in [6.45, 7) is 1.31. The maximum absolute atomic E-state index is 11.9. The van der Waals surface area contributed by atoms with E-state index in [0.29, 0.717) is 12.1 Å². The van der Waals surface area contributed by atoms with Gasteiger partial charge in [-0.2, -0.15) is 5.26 Å². The van der Waals surface area contributed by atoms with Gasteiger partial charge >= 0.3 is 0 Å². The standard InChI is InChI=1S/C14H17N3O/c1-17(13-6-4-11(8-15)5-7-13)14(18)10-16-9-12-2-3-12/h4-7,12,16H,2-3,9-10H2,1H3. The van der Waals surface area contributed by atoms with E-state index >= 15 is 0 Å². The van der Waals surface area contributed by atoms with Gasteiger partial charge in [0.15, 0.2) is 0 Å². The first-order valence-electron chi connectivity index (χ1n) is 6.18. The number of nitrogens with one attached hydrogen (secondary N) is 1. The average Bonchev–Trinajstić information content (AvgIpc) is 3.22. The highest BCUT2D eigenvalue weighted by molar-refractivity contribution is 5.94. The van der Waals surface area contributed by atoms with E-state index in [-0.39, 0.29) is 5.91 Å². The molecule has 1 aliphatic carbocycles. The van der Waals surface area contributed by atoms with E-state index in [2.05, 4.69) is 11.4 Å². The molecule has 1 N–H and O–H groups in total. The second-order valence-corrected chi connectivity index (χ2v) is 4.69. The molecular formula is C14H17N3O. The number of carbonyl (C=O) groups excluding carboxylic acids is 1. The van der Waals surface area contributed by atoms with Gasteiger partial charge in [-0.3, -0.25) is 4.79 Å². The first kappa shape index (κ1) is 12.6. The number of rotatable bonds is 5. The minimum atomic E-state index is 0.0420. The van der Waals surface area contributed by atoms with Gasteiger partial charge in [-0.1, -0.05) is 0 Å². The molecule has 0 unspecified atom stereocenters. The lowest BCUT2D eigenvalue weighted by Crippen LogP contribution is -2.36. The third-order valence-electron chi connectivity index (χ3n) is 3.16. The Bertz CT molecular complexity index is 457. The molecule has 4 nitrogen and oxygen atoms in total. The second kappa shape index (κ2) is 5.65. The molecule has 1 saturated carbocycles. The zero-order valence-corrected chi connectivity index (χ0v) is 10.5. The van der Waals surface area contributed by atoms with Crippen molar-refractivity contribution < 1.29 is 4.79 Å². The van der Waals surface area contributed by atoms with Gasteiger partial charge in [0.25, 0.3) is 0 Å². The smallest absolute Gasteiger partial charge is 0.240 e. The zero-order valence-electron chi connectivity index (χ0n) is 10.5. The summed E-state index contributed by atoms with van der Waals surface area (Å²) in [6, 6.07) is 9.08. The number of carbonyl (C=O) groups is 1. The molecule has 0 atom stereocenters. The van der Waals surface area contributed by atoms with Crippen LogP contribution in [0.1, 0.15) is 18.4 Å². The third-order valence-corrected chi connectivity index (χ3v) is 3.16. The van der Waals surface area contributed by atoms with Crippen molar-refractivity contribution in [3.05, 3.63) is 29.8 Å². The van der Waals surface area contributed by atoms with Crippen LogP contribution >= 0.6 is 0 Å². The first-order chi connectivity index (χ1) is 8.70. The largest absolute Gasteiger partial charge is 0.314 e. The van der Waals surface area contributed by atoms with Gasteiger partial charge in [0.05, 0.1) is 18.2 Å². The lowest BCUT2D eigenvalue weighted by Gasteiger charge is -2.17. The Morgan fingerprint density at radius 2 is 2.11 bits per heavy atom. The lowest BCUT2D eigenvalue weighted by molar-refractivity contribution is -0.117. The Labute approximate surface area is 107 Å². The molecule has 1 fully saturated rings. The normalized spacial score (nSPS) is 14.0. The zero-order chi connectivity index (χ0) is 13.0. The number of nitrogens with zero attached hydrogens (tertiary/aromatic N) is 2. The number of benzene rings is 1. The number of likely N-dealkylation sites (N-methyl/N-ethyl adjacent to an activating group) is 1. The predicted octanol–water partition coefficient (Wildman–Crippen LogP) is 1.52. The van der Waals surface area contributed by atoms with Crippen molar-refractivity contribution in [3.8, 4) is 6.07 Å². The molecule has 0 heterocycles. The van der Waals surface area contributed by atoms with Gasteiger partial charge < -0.3 is 10.2 Å². The van der Waals surface area contributed by atoms with E-state index in [0.717, 1.165) is 18.2 Å². The summed E-state index contributed by atoms with van der Waals surface area (Å²) in [4.78, 5) is 13.5. The number of anilines is 1. The van der Waals surface area contributed by atoms with Crippen molar-refractivity contribution >= 4 is 11.6 Å². The fourth-order valence-corrected chi connectivity index (χ4v) is 1.73. The van der Waals surface area contributed by atoms with Gasteiger partial charge in [0.2, 0.25) is 5.91 Å². The Kier molecular flexibility index (Phi) is 3.96. The maximum atomic E-state index is 11.9. The van der Waals surface area contributed by atoms with E-state index < -0.39 is 0 Å². The minimum absolute atomic E-state index is 0.0420. The molecule has 0 aromatic heterocycles. The Balaban J connectivity index is 1.85. The lowest BCUT2D eigenvalue weighted by atomic mass is 10.2. The van der Waals surface area contributed by atoms with E-state index in [1.165, 1.54) is 12.8 Å². The maximum Gasteiger partial charge on any atom is 0.240 e. The van der Waals surface area contributed by atoms with Crippen molar-refractivity contribution in [2.24, 2.45) is 5.92 Å². The van der Waals surface area contributed by atoms with Crippen molar-refractivity contribution in [3.63, 3.8) is 0 Å². The van der Waals surface area contributed by atoms with Gasteiger partial charge in [-0.25, -0.2) is 0 Å². The minimum Gasteiger partial charge on any atom is -0.314 e. The number of hydrogen-bond donors (Lipinski definition) is 1. The second-order valence-electron chi connectivity index (χ2n) is 4.69.